The molecule has 0 aliphatic rings. The molecule has 32 heavy (non-hydrogen) atoms. The second kappa shape index (κ2) is 9.50. The van der Waals surface area contributed by atoms with Crippen LogP contribution < -0.4 is 10.3 Å². The molecule has 0 aromatic heterocycles. The molecule has 1 N–H and O–H groups in total. The van der Waals surface area contributed by atoms with E-state index in [-0.39, 0.29) is 11.5 Å². The van der Waals surface area contributed by atoms with Crippen molar-refractivity contribution in [3.05, 3.63) is 53.8 Å². The Kier molecular flexibility index (Phi) is 7.43. The molecule has 2 aromatic carbocycles. The largest absolute Gasteiger partial charge is 0.410 e. The fourth-order valence-corrected chi connectivity index (χ4v) is 2.98. The number of carbonyl (C=O) groups is 1. The van der Waals surface area contributed by atoms with Gasteiger partial charge in [-0.05, 0) is 55.3 Å². The standard InChI is InChI=1S/C23H26F4N4O/c1-14(2)20(28-5)31(29-6)19-12-16(15-7-9-18(24)10-8-15)11-17(13-19)21(32)30-22(3,4)23(25,26)27/h7-14H,6H2,1-5H3,(H,30,32). The smallest absolute Gasteiger partial charge is 0.338 e. The van der Waals surface area contributed by atoms with Crippen molar-refractivity contribution < 1.29 is 22.4 Å². The van der Waals surface area contributed by atoms with Gasteiger partial charge in [-0.1, -0.05) is 26.0 Å². The lowest BCUT2D eigenvalue weighted by molar-refractivity contribution is -0.182. The van der Waals surface area contributed by atoms with E-state index in [0.29, 0.717) is 22.6 Å². The number of amidine groups is 1. The van der Waals surface area contributed by atoms with Crippen molar-refractivity contribution in [1.82, 2.24) is 5.32 Å². The molecule has 0 saturated heterocycles. The number of nitrogens with zero attached hydrogens (tertiary/aromatic N) is 3. The summed E-state index contributed by atoms with van der Waals surface area (Å²) in [6.07, 6.45) is -4.64. The number of aliphatic imine (C=N–C) groups is 1. The van der Waals surface area contributed by atoms with E-state index < -0.39 is 23.4 Å². The Bertz CT molecular complexity index is 1010. The third-order valence-corrected chi connectivity index (χ3v) is 4.84. The lowest BCUT2D eigenvalue weighted by Crippen LogP contribution is -2.54. The van der Waals surface area contributed by atoms with Crippen molar-refractivity contribution in [2.75, 3.05) is 12.1 Å². The highest BCUT2D eigenvalue weighted by Gasteiger charge is 2.48. The molecule has 172 valence electrons. The molecular formula is C23H26F4N4O. The number of rotatable bonds is 6. The molecule has 0 radical (unpaired) electrons. The van der Waals surface area contributed by atoms with Crippen molar-refractivity contribution >= 4 is 24.1 Å². The summed E-state index contributed by atoms with van der Waals surface area (Å²) in [6.45, 7) is 9.12. The Morgan fingerprint density at radius 1 is 1.06 bits per heavy atom. The number of nitrogens with one attached hydrogen (secondary N) is 1. The van der Waals surface area contributed by atoms with Crippen LogP contribution >= 0.6 is 0 Å². The van der Waals surface area contributed by atoms with E-state index in [1.807, 2.05) is 19.2 Å². The molecule has 1 amide bonds. The number of anilines is 1. The molecular weight excluding hydrogens is 424 g/mol. The number of hydrazone groups is 1. The van der Waals surface area contributed by atoms with Gasteiger partial charge >= 0.3 is 6.18 Å². The van der Waals surface area contributed by atoms with Gasteiger partial charge in [0.25, 0.3) is 5.91 Å². The number of amides is 1. The first-order valence-corrected chi connectivity index (χ1v) is 9.84. The zero-order chi connectivity index (χ0) is 24.3. The second-order valence-electron chi connectivity index (χ2n) is 8.04. The van der Waals surface area contributed by atoms with Gasteiger partial charge in [-0.25, -0.2) is 9.40 Å². The summed E-state index contributed by atoms with van der Waals surface area (Å²) in [5.41, 5.74) is -1.02. The lowest BCUT2D eigenvalue weighted by atomic mass is 9.99. The fraction of sp³-hybridized carbons (Fsp3) is 0.348. The Hall–Kier alpha value is -3.23. The van der Waals surface area contributed by atoms with Gasteiger partial charge in [0.15, 0.2) is 0 Å². The van der Waals surface area contributed by atoms with Gasteiger partial charge in [0.1, 0.15) is 17.2 Å². The number of benzene rings is 2. The average molecular weight is 450 g/mol. The van der Waals surface area contributed by atoms with Crippen LogP contribution in [-0.2, 0) is 0 Å². The van der Waals surface area contributed by atoms with Crippen molar-refractivity contribution in [1.29, 1.82) is 0 Å². The minimum Gasteiger partial charge on any atom is -0.338 e. The minimum absolute atomic E-state index is 0.0213. The van der Waals surface area contributed by atoms with Gasteiger partial charge in [0.2, 0.25) is 0 Å². The van der Waals surface area contributed by atoms with Crippen LogP contribution in [0, 0.1) is 11.7 Å². The van der Waals surface area contributed by atoms with E-state index in [0.717, 1.165) is 13.8 Å². The fourth-order valence-electron chi connectivity index (χ4n) is 2.98. The molecule has 0 unspecified atom stereocenters. The summed E-state index contributed by atoms with van der Waals surface area (Å²) in [4.78, 5) is 17.0. The maximum Gasteiger partial charge on any atom is 0.410 e. The molecule has 0 atom stereocenters. The molecule has 0 aliphatic carbocycles. The summed E-state index contributed by atoms with van der Waals surface area (Å²) in [5, 5.41) is 7.45. The van der Waals surface area contributed by atoms with E-state index >= 15 is 0 Å². The zero-order valence-electron chi connectivity index (χ0n) is 18.6. The highest BCUT2D eigenvalue weighted by molar-refractivity contribution is 6.02. The van der Waals surface area contributed by atoms with Crippen LogP contribution in [-0.4, -0.2) is 37.2 Å². The first-order chi connectivity index (χ1) is 14.8. The van der Waals surface area contributed by atoms with Crippen molar-refractivity contribution in [2.24, 2.45) is 16.0 Å². The normalized spacial score (nSPS) is 12.6. The lowest BCUT2D eigenvalue weighted by Gasteiger charge is -2.29. The van der Waals surface area contributed by atoms with Gasteiger partial charge in [0, 0.05) is 25.2 Å². The number of hydrogen-bond donors (Lipinski definition) is 1. The molecule has 2 aromatic rings. The van der Waals surface area contributed by atoms with E-state index in [1.165, 1.54) is 41.4 Å². The highest BCUT2D eigenvalue weighted by atomic mass is 19.4. The third kappa shape index (κ3) is 5.52. The second-order valence-corrected chi connectivity index (χ2v) is 8.04. The quantitative estimate of drug-likeness (QED) is 0.267. The predicted molar refractivity (Wildman–Crippen MR) is 120 cm³/mol. The average Bonchev–Trinajstić information content (AvgIpc) is 2.70. The number of hydrogen-bond acceptors (Lipinski definition) is 3. The summed E-state index contributed by atoms with van der Waals surface area (Å²) in [7, 11) is 1.58. The van der Waals surface area contributed by atoms with E-state index in [2.05, 4.69) is 16.8 Å². The van der Waals surface area contributed by atoms with Gasteiger partial charge in [-0.15, -0.1) is 0 Å². The molecule has 0 saturated carbocycles. The summed E-state index contributed by atoms with van der Waals surface area (Å²) < 4.78 is 53.3. The van der Waals surface area contributed by atoms with Crippen molar-refractivity contribution in [2.45, 2.75) is 39.4 Å². The zero-order valence-corrected chi connectivity index (χ0v) is 18.6. The van der Waals surface area contributed by atoms with Gasteiger partial charge < -0.3 is 5.32 Å². The van der Waals surface area contributed by atoms with Crippen LogP contribution in [0.4, 0.5) is 23.2 Å². The summed E-state index contributed by atoms with van der Waals surface area (Å²) in [6, 6.07) is 10.1. The number of halogens is 4. The number of carbonyl (C=O) groups excluding carboxylic acids is 1. The van der Waals surface area contributed by atoms with Gasteiger partial charge in [-0.3, -0.25) is 9.79 Å². The molecule has 0 aliphatic heterocycles. The topological polar surface area (TPSA) is 57.1 Å². The molecule has 0 spiro atoms. The van der Waals surface area contributed by atoms with Crippen LogP contribution in [0.25, 0.3) is 11.1 Å². The minimum atomic E-state index is -4.64. The Labute approximate surface area is 184 Å². The van der Waals surface area contributed by atoms with Crippen molar-refractivity contribution in [3.8, 4) is 11.1 Å². The molecule has 2 rings (SSSR count). The first kappa shape index (κ1) is 25.0. The molecule has 9 heteroatoms. The molecule has 5 nitrogen and oxygen atoms in total. The van der Waals surface area contributed by atoms with E-state index in [9.17, 15) is 22.4 Å². The molecule has 0 fully saturated rings. The summed E-state index contributed by atoms with van der Waals surface area (Å²) in [5.74, 6) is -0.870. The number of alkyl halides is 3. The van der Waals surface area contributed by atoms with Crippen LogP contribution in [0.5, 0.6) is 0 Å². The van der Waals surface area contributed by atoms with Crippen LogP contribution in [0.2, 0.25) is 0 Å². The van der Waals surface area contributed by atoms with Crippen LogP contribution in [0.3, 0.4) is 0 Å². The van der Waals surface area contributed by atoms with Crippen LogP contribution in [0.15, 0.2) is 52.6 Å². The molecule has 0 heterocycles. The summed E-state index contributed by atoms with van der Waals surface area (Å²) >= 11 is 0. The third-order valence-electron chi connectivity index (χ3n) is 4.84. The Morgan fingerprint density at radius 3 is 2.12 bits per heavy atom. The maximum atomic E-state index is 13.4. The van der Waals surface area contributed by atoms with E-state index in [1.54, 1.807) is 13.1 Å². The maximum absolute atomic E-state index is 13.4. The van der Waals surface area contributed by atoms with Gasteiger partial charge in [-0.2, -0.15) is 18.3 Å². The monoisotopic (exact) mass is 450 g/mol. The van der Waals surface area contributed by atoms with Crippen molar-refractivity contribution in [3.63, 3.8) is 0 Å². The Morgan fingerprint density at radius 2 is 1.66 bits per heavy atom. The highest BCUT2D eigenvalue weighted by Crippen LogP contribution is 2.32. The Balaban J connectivity index is 2.64. The predicted octanol–water partition coefficient (Wildman–Crippen LogP) is 5.67. The molecule has 0 bridgehead atoms. The van der Waals surface area contributed by atoms with E-state index in [4.69, 9.17) is 0 Å². The van der Waals surface area contributed by atoms with Crippen LogP contribution in [0.1, 0.15) is 38.1 Å². The van der Waals surface area contributed by atoms with Gasteiger partial charge in [0.05, 0.1) is 5.69 Å². The SMILES string of the molecule is C=NN(C(=NC)C(C)C)c1cc(C(=O)NC(C)(C)C(F)(F)F)cc(-c2ccc(F)cc2)c1. The first-order valence-electron chi connectivity index (χ1n) is 9.84.